The molecule has 0 saturated carbocycles. The Bertz CT molecular complexity index is 919. The summed E-state index contributed by atoms with van der Waals surface area (Å²) in [5, 5.41) is 1.07. The third-order valence-corrected chi connectivity index (χ3v) is 4.81. The second-order valence-corrected chi connectivity index (χ2v) is 6.30. The number of rotatable bonds is 3. The van der Waals surface area contributed by atoms with Crippen molar-refractivity contribution in [3.8, 4) is 11.4 Å². The van der Waals surface area contributed by atoms with E-state index in [0.717, 1.165) is 28.8 Å². The van der Waals surface area contributed by atoms with Gasteiger partial charge in [0.05, 0.1) is 30.1 Å². The zero-order valence-electron chi connectivity index (χ0n) is 14.6. The van der Waals surface area contributed by atoms with E-state index in [1.807, 2.05) is 40.9 Å². The summed E-state index contributed by atoms with van der Waals surface area (Å²) in [7, 11) is 2.00. The lowest BCUT2D eigenvalue weighted by Gasteiger charge is -2.26. The molecule has 0 spiro atoms. The third kappa shape index (κ3) is 2.72. The Morgan fingerprint density at radius 3 is 2.72 bits per heavy atom. The van der Waals surface area contributed by atoms with Gasteiger partial charge in [-0.1, -0.05) is 0 Å². The highest BCUT2D eigenvalue weighted by molar-refractivity contribution is 6.00. The van der Waals surface area contributed by atoms with Crippen LogP contribution in [0.25, 0.3) is 22.3 Å². The zero-order valence-corrected chi connectivity index (χ0v) is 14.6. The summed E-state index contributed by atoms with van der Waals surface area (Å²) in [5.41, 5.74) is 3.41. The Morgan fingerprint density at radius 2 is 2.04 bits per heavy atom. The maximum atomic E-state index is 13.0. The lowest BCUT2D eigenvalue weighted by Crippen LogP contribution is -2.41. The number of ether oxygens (including phenoxy) is 1. The number of carbonyl (C=O) groups is 1. The van der Waals surface area contributed by atoms with Crippen LogP contribution in [0.15, 0.2) is 36.7 Å². The minimum absolute atomic E-state index is 0.0236. The molecule has 25 heavy (non-hydrogen) atoms. The highest BCUT2D eigenvalue weighted by atomic mass is 16.5. The number of aryl methyl sites for hydroxylation is 2. The predicted molar refractivity (Wildman–Crippen MR) is 96.5 cm³/mol. The van der Waals surface area contributed by atoms with Gasteiger partial charge in [0, 0.05) is 44.5 Å². The normalized spacial score (nSPS) is 15.0. The summed E-state index contributed by atoms with van der Waals surface area (Å²) in [5.74, 6) is -0.0236. The van der Waals surface area contributed by atoms with Crippen molar-refractivity contribution in [3.05, 3.63) is 42.4 Å². The highest BCUT2D eigenvalue weighted by Crippen LogP contribution is 2.29. The fourth-order valence-electron chi connectivity index (χ4n) is 3.40. The molecule has 0 unspecified atom stereocenters. The van der Waals surface area contributed by atoms with Crippen LogP contribution in [0.3, 0.4) is 0 Å². The Labute approximate surface area is 146 Å². The van der Waals surface area contributed by atoms with Crippen molar-refractivity contribution in [2.75, 3.05) is 26.3 Å². The van der Waals surface area contributed by atoms with E-state index in [9.17, 15) is 4.79 Å². The van der Waals surface area contributed by atoms with Gasteiger partial charge >= 0.3 is 0 Å². The minimum atomic E-state index is -0.0236. The van der Waals surface area contributed by atoms with Gasteiger partial charge in [0.1, 0.15) is 5.69 Å². The first-order valence-corrected chi connectivity index (χ1v) is 8.67. The topological polar surface area (TPSA) is 52.3 Å². The van der Waals surface area contributed by atoms with E-state index in [0.29, 0.717) is 32.0 Å². The van der Waals surface area contributed by atoms with E-state index in [-0.39, 0.29) is 5.91 Å². The largest absolute Gasteiger partial charge is 0.378 e. The standard InChI is InChI=1S/C19H22N4O2/c1-3-22-8-6-14-17(22)13-15(19(24)23-9-11-25-12-10-23)20-18(14)16-5-4-7-21(16)2/h4-8,13H,3,9-12H2,1-2H3. The lowest BCUT2D eigenvalue weighted by molar-refractivity contribution is 0.0299. The van der Waals surface area contributed by atoms with Gasteiger partial charge in [0.25, 0.3) is 5.91 Å². The van der Waals surface area contributed by atoms with Crippen molar-refractivity contribution in [1.82, 2.24) is 19.0 Å². The van der Waals surface area contributed by atoms with Crippen molar-refractivity contribution < 1.29 is 9.53 Å². The molecule has 1 saturated heterocycles. The van der Waals surface area contributed by atoms with E-state index >= 15 is 0 Å². The highest BCUT2D eigenvalue weighted by Gasteiger charge is 2.22. The molecule has 3 aromatic rings. The molecule has 6 nitrogen and oxygen atoms in total. The van der Waals surface area contributed by atoms with Gasteiger partial charge in [0.15, 0.2) is 0 Å². The number of nitrogens with zero attached hydrogens (tertiary/aromatic N) is 4. The van der Waals surface area contributed by atoms with Crippen molar-refractivity contribution in [2.24, 2.45) is 7.05 Å². The summed E-state index contributed by atoms with van der Waals surface area (Å²) < 4.78 is 9.54. The lowest BCUT2D eigenvalue weighted by atomic mass is 10.1. The van der Waals surface area contributed by atoms with Crippen molar-refractivity contribution in [3.63, 3.8) is 0 Å². The first-order chi connectivity index (χ1) is 12.2. The molecule has 3 aromatic heterocycles. The van der Waals surface area contributed by atoms with Crippen molar-refractivity contribution in [1.29, 1.82) is 0 Å². The number of hydrogen-bond donors (Lipinski definition) is 0. The molecule has 0 aliphatic carbocycles. The molecule has 1 aliphatic rings. The van der Waals surface area contributed by atoms with E-state index in [2.05, 4.69) is 23.8 Å². The number of fused-ring (bicyclic) bond motifs is 1. The van der Waals surface area contributed by atoms with Gasteiger partial charge in [0.2, 0.25) is 0 Å². The molecule has 1 amide bonds. The molecule has 6 heteroatoms. The maximum absolute atomic E-state index is 13.0. The smallest absolute Gasteiger partial charge is 0.272 e. The van der Waals surface area contributed by atoms with Crippen LogP contribution < -0.4 is 0 Å². The molecule has 0 aromatic carbocycles. The van der Waals surface area contributed by atoms with Crippen LogP contribution in [0.4, 0.5) is 0 Å². The van der Waals surface area contributed by atoms with E-state index in [1.54, 1.807) is 0 Å². The predicted octanol–water partition coefficient (Wildman–Crippen LogP) is 2.53. The molecule has 0 atom stereocenters. The van der Waals surface area contributed by atoms with Crippen LogP contribution in [0, 0.1) is 0 Å². The number of carbonyl (C=O) groups excluding carboxylic acids is 1. The molecule has 4 rings (SSSR count). The zero-order chi connectivity index (χ0) is 17.4. The van der Waals surface area contributed by atoms with E-state index in [4.69, 9.17) is 9.72 Å². The first kappa shape index (κ1) is 15.9. The first-order valence-electron chi connectivity index (χ1n) is 8.67. The molecular weight excluding hydrogens is 316 g/mol. The summed E-state index contributed by atoms with van der Waals surface area (Å²) >= 11 is 0. The molecular formula is C19H22N4O2. The second-order valence-electron chi connectivity index (χ2n) is 6.30. The average molecular weight is 338 g/mol. The third-order valence-electron chi connectivity index (χ3n) is 4.81. The van der Waals surface area contributed by atoms with Gasteiger partial charge in [-0.25, -0.2) is 4.98 Å². The quantitative estimate of drug-likeness (QED) is 0.737. The Balaban J connectivity index is 1.87. The number of pyridine rings is 1. The summed E-state index contributed by atoms with van der Waals surface area (Å²) in [6.45, 7) is 5.37. The van der Waals surface area contributed by atoms with Crippen LogP contribution in [0.2, 0.25) is 0 Å². The molecule has 130 valence electrons. The van der Waals surface area contributed by atoms with Crippen molar-refractivity contribution in [2.45, 2.75) is 13.5 Å². The fourth-order valence-corrected chi connectivity index (χ4v) is 3.40. The number of amides is 1. The summed E-state index contributed by atoms with van der Waals surface area (Å²) in [4.78, 5) is 19.5. The van der Waals surface area contributed by atoms with Gasteiger partial charge < -0.3 is 18.8 Å². The summed E-state index contributed by atoms with van der Waals surface area (Å²) in [6.07, 6.45) is 4.05. The Kier molecular flexibility index (Phi) is 4.05. The van der Waals surface area contributed by atoms with Crippen molar-refractivity contribution >= 4 is 16.8 Å². The van der Waals surface area contributed by atoms with Gasteiger partial charge in [-0.3, -0.25) is 4.79 Å². The number of hydrogen-bond acceptors (Lipinski definition) is 3. The summed E-state index contributed by atoms with van der Waals surface area (Å²) in [6, 6.07) is 8.03. The van der Waals surface area contributed by atoms with E-state index < -0.39 is 0 Å². The monoisotopic (exact) mass is 338 g/mol. The van der Waals surface area contributed by atoms with E-state index in [1.165, 1.54) is 0 Å². The SMILES string of the molecule is CCn1ccc2c(-c3cccn3C)nc(C(=O)N3CCOCC3)cc21. The molecule has 0 bridgehead atoms. The van der Waals surface area contributed by atoms with Crippen LogP contribution in [0.1, 0.15) is 17.4 Å². The van der Waals surface area contributed by atoms with Gasteiger partial charge in [-0.15, -0.1) is 0 Å². The number of aromatic nitrogens is 3. The molecule has 1 aliphatic heterocycles. The van der Waals surface area contributed by atoms with Crippen LogP contribution in [0.5, 0.6) is 0 Å². The Morgan fingerprint density at radius 1 is 1.24 bits per heavy atom. The van der Waals surface area contributed by atoms with Gasteiger partial charge in [-0.05, 0) is 31.2 Å². The molecule has 0 radical (unpaired) electrons. The second kappa shape index (κ2) is 6.37. The molecule has 1 fully saturated rings. The fraction of sp³-hybridized carbons (Fsp3) is 0.368. The average Bonchev–Trinajstić information content (AvgIpc) is 3.26. The van der Waals surface area contributed by atoms with Crippen LogP contribution in [-0.2, 0) is 18.3 Å². The minimum Gasteiger partial charge on any atom is -0.378 e. The Hall–Kier alpha value is -2.60. The number of morpholine rings is 1. The van der Waals surface area contributed by atoms with Crippen LogP contribution >= 0.6 is 0 Å². The molecule has 4 heterocycles. The van der Waals surface area contributed by atoms with Crippen LogP contribution in [-0.4, -0.2) is 51.2 Å². The molecule has 0 N–H and O–H groups in total. The van der Waals surface area contributed by atoms with Gasteiger partial charge in [-0.2, -0.15) is 0 Å². The maximum Gasteiger partial charge on any atom is 0.272 e.